The molecule has 0 bridgehead atoms. The molecule has 0 spiro atoms. The number of aliphatic hydroxyl groups excluding tert-OH is 2. The van der Waals surface area contributed by atoms with Gasteiger partial charge in [-0.1, -0.05) is 99.8 Å². The van der Waals surface area contributed by atoms with Crippen molar-refractivity contribution in [3.8, 4) is 0 Å². The second kappa shape index (κ2) is 14.9. The molecule has 0 radical (unpaired) electrons. The number of hydrogen-bond acceptors (Lipinski definition) is 2. The zero-order valence-electron chi connectivity index (χ0n) is 22.3. The van der Waals surface area contributed by atoms with Crippen LogP contribution in [0.25, 0.3) is 0 Å². The lowest BCUT2D eigenvalue weighted by atomic mass is 9.76. The summed E-state index contributed by atoms with van der Waals surface area (Å²) in [5, 5.41) is 21.4. The van der Waals surface area contributed by atoms with Crippen molar-refractivity contribution in [2.75, 3.05) is 0 Å². The molecule has 1 aliphatic carbocycles. The second-order valence-electron chi connectivity index (χ2n) is 12.7. The lowest BCUT2D eigenvalue weighted by Crippen LogP contribution is -2.28. The Morgan fingerprint density at radius 3 is 2.00 bits per heavy atom. The van der Waals surface area contributed by atoms with E-state index in [1.807, 2.05) is 0 Å². The van der Waals surface area contributed by atoms with Crippen LogP contribution >= 0.6 is 0 Å². The molecule has 186 valence electrons. The summed E-state index contributed by atoms with van der Waals surface area (Å²) in [7, 11) is 0. The normalized spacial score (nSPS) is 24.2. The molecule has 4 atom stereocenters. The fourth-order valence-corrected chi connectivity index (χ4v) is 5.60. The Kier molecular flexibility index (Phi) is 14.0. The molecule has 1 fully saturated rings. The van der Waals surface area contributed by atoms with Crippen LogP contribution in [0.15, 0.2) is 0 Å². The van der Waals surface area contributed by atoms with Crippen LogP contribution in [0.3, 0.4) is 0 Å². The first kappa shape index (κ1) is 29.0. The highest BCUT2D eigenvalue weighted by Gasteiger charge is 2.27. The highest BCUT2D eigenvalue weighted by atomic mass is 16.3. The van der Waals surface area contributed by atoms with E-state index < -0.39 is 0 Å². The van der Waals surface area contributed by atoms with Gasteiger partial charge < -0.3 is 10.2 Å². The van der Waals surface area contributed by atoms with Gasteiger partial charge in [0.05, 0.1) is 12.2 Å². The van der Waals surface area contributed by atoms with Gasteiger partial charge in [-0.25, -0.2) is 0 Å². The van der Waals surface area contributed by atoms with Crippen molar-refractivity contribution in [3.63, 3.8) is 0 Å². The Hall–Kier alpha value is -0.0800. The highest BCUT2D eigenvalue weighted by molar-refractivity contribution is 4.79. The third kappa shape index (κ3) is 13.3. The van der Waals surface area contributed by atoms with Crippen LogP contribution in [-0.4, -0.2) is 22.4 Å². The van der Waals surface area contributed by atoms with Crippen molar-refractivity contribution in [1.29, 1.82) is 0 Å². The van der Waals surface area contributed by atoms with Crippen LogP contribution in [0.1, 0.15) is 138 Å². The topological polar surface area (TPSA) is 40.5 Å². The Morgan fingerprint density at radius 1 is 0.839 bits per heavy atom. The molecule has 2 nitrogen and oxygen atoms in total. The van der Waals surface area contributed by atoms with E-state index in [0.717, 1.165) is 31.6 Å². The number of rotatable bonds is 15. The minimum Gasteiger partial charge on any atom is -0.393 e. The molecule has 0 amide bonds. The molecule has 2 N–H and O–H groups in total. The van der Waals surface area contributed by atoms with Gasteiger partial charge in [-0.05, 0) is 73.5 Å². The fourth-order valence-electron chi connectivity index (χ4n) is 5.60. The number of hydrogen-bond donors (Lipinski definition) is 2. The molecule has 0 saturated heterocycles. The Balaban J connectivity index is 2.27. The van der Waals surface area contributed by atoms with Crippen LogP contribution in [0, 0.1) is 35.0 Å². The highest BCUT2D eigenvalue weighted by Crippen LogP contribution is 2.34. The van der Waals surface area contributed by atoms with Gasteiger partial charge in [0.1, 0.15) is 0 Å². The van der Waals surface area contributed by atoms with E-state index in [0.29, 0.717) is 29.1 Å². The minimum atomic E-state index is -0.132. The molecule has 1 rings (SSSR count). The summed E-state index contributed by atoms with van der Waals surface area (Å²) in [6.07, 6.45) is 16.2. The molecule has 1 aliphatic rings. The number of aliphatic hydroxyl groups is 2. The van der Waals surface area contributed by atoms with Gasteiger partial charge in [0.15, 0.2) is 0 Å². The molecule has 31 heavy (non-hydrogen) atoms. The zero-order chi connectivity index (χ0) is 23.4. The van der Waals surface area contributed by atoms with Crippen LogP contribution in [0.2, 0.25) is 0 Å². The maximum absolute atomic E-state index is 10.8. The summed E-state index contributed by atoms with van der Waals surface area (Å²) < 4.78 is 0. The molecule has 3 unspecified atom stereocenters. The van der Waals surface area contributed by atoms with Crippen LogP contribution in [0.4, 0.5) is 0 Å². The maximum Gasteiger partial charge on any atom is 0.0571 e. The summed E-state index contributed by atoms with van der Waals surface area (Å²) in [5.41, 5.74) is 0.423. The molecular weight excluding hydrogens is 380 g/mol. The van der Waals surface area contributed by atoms with Crippen molar-refractivity contribution < 1.29 is 10.2 Å². The molecule has 0 aromatic rings. The van der Waals surface area contributed by atoms with E-state index in [-0.39, 0.29) is 12.2 Å². The third-order valence-corrected chi connectivity index (χ3v) is 8.18. The van der Waals surface area contributed by atoms with E-state index in [4.69, 9.17) is 0 Å². The zero-order valence-corrected chi connectivity index (χ0v) is 22.3. The van der Waals surface area contributed by atoms with Crippen molar-refractivity contribution in [2.24, 2.45) is 35.0 Å². The molecule has 0 aromatic carbocycles. The van der Waals surface area contributed by atoms with Gasteiger partial charge in [0, 0.05) is 0 Å². The Bertz CT molecular complexity index is 431. The van der Waals surface area contributed by atoms with Crippen LogP contribution < -0.4 is 0 Å². The first-order valence-electron chi connectivity index (χ1n) is 13.9. The van der Waals surface area contributed by atoms with E-state index in [9.17, 15) is 10.2 Å². The molecule has 2 heteroatoms. The first-order valence-corrected chi connectivity index (χ1v) is 13.9. The van der Waals surface area contributed by atoms with Crippen molar-refractivity contribution in [3.05, 3.63) is 0 Å². The SMILES string of the molecule is CCC(CCCC(C)(C)C)CC(O)CCCCC(C[C@H](O)C1CCC(C)CC1)C(C)C. The standard InChI is InChI=1S/C29H58O2/c1-8-24(12-11-19-29(5,6)7)20-27(30)14-10-9-13-26(22(2)3)21-28(31)25-17-15-23(4)16-18-25/h22-28,30-31H,8-21H2,1-7H3/t23?,24?,25?,26?,27?,28-/m0/s1. The van der Waals surface area contributed by atoms with Gasteiger partial charge >= 0.3 is 0 Å². The second-order valence-corrected chi connectivity index (χ2v) is 12.7. The summed E-state index contributed by atoms with van der Waals surface area (Å²) in [6.45, 7) is 16.2. The van der Waals surface area contributed by atoms with Crippen molar-refractivity contribution in [2.45, 2.75) is 151 Å². The van der Waals surface area contributed by atoms with E-state index in [2.05, 4.69) is 48.5 Å². The van der Waals surface area contributed by atoms with E-state index >= 15 is 0 Å². The fraction of sp³-hybridized carbons (Fsp3) is 1.00. The van der Waals surface area contributed by atoms with Crippen LogP contribution in [-0.2, 0) is 0 Å². The van der Waals surface area contributed by atoms with Crippen LogP contribution in [0.5, 0.6) is 0 Å². The predicted molar refractivity (Wildman–Crippen MR) is 136 cm³/mol. The molecule has 0 aromatic heterocycles. The monoisotopic (exact) mass is 438 g/mol. The Labute approximate surface area is 196 Å². The molecular formula is C29H58O2. The van der Waals surface area contributed by atoms with Gasteiger partial charge in [0.2, 0.25) is 0 Å². The lowest BCUT2D eigenvalue weighted by molar-refractivity contribution is 0.0458. The van der Waals surface area contributed by atoms with Gasteiger partial charge in [0.25, 0.3) is 0 Å². The minimum absolute atomic E-state index is 0.107. The van der Waals surface area contributed by atoms with Crippen molar-refractivity contribution >= 4 is 0 Å². The van der Waals surface area contributed by atoms with Gasteiger partial charge in [-0.3, -0.25) is 0 Å². The van der Waals surface area contributed by atoms with E-state index in [1.54, 1.807) is 0 Å². The average Bonchev–Trinajstić information content (AvgIpc) is 2.68. The first-order chi connectivity index (χ1) is 14.5. The quantitative estimate of drug-likeness (QED) is 0.252. The summed E-state index contributed by atoms with van der Waals surface area (Å²) in [4.78, 5) is 0. The smallest absolute Gasteiger partial charge is 0.0571 e. The van der Waals surface area contributed by atoms with Crippen molar-refractivity contribution in [1.82, 2.24) is 0 Å². The van der Waals surface area contributed by atoms with Gasteiger partial charge in [-0.2, -0.15) is 0 Å². The van der Waals surface area contributed by atoms with Gasteiger partial charge in [-0.15, -0.1) is 0 Å². The lowest BCUT2D eigenvalue weighted by Gasteiger charge is -2.33. The average molecular weight is 439 g/mol. The number of unbranched alkanes of at least 4 members (excludes halogenated alkanes) is 1. The molecule has 0 heterocycles. The third-order valence-electron chi connectivity index (χ3n) is 8.18. The largest absolute Gasteiger partial charge is 0.393 e. The molecule has 1 saturated carbocycles. The predicted octanol–water partition coefficient (Wildman–Crippen LogP) is 8.39. The summed E-state index contributed by atoms with van der Waals surface area (Å²) in [6, 6.07) is 0. The summed E-state index contributed by atoms with van der Waals surface area (Å²) >= 11 is 0. The van der Waals surface area contributed by atoms with E-state index in [1.165, 1.54) is 64.2 Å². The molecule has 0 aliphatic heterocycles. The Morgan fingerprint density at radius 2 is 1.45 bits per heavy atom. The maximum atomic E-state index is 10.8. The summed E-state index contributed by atoms with van der Waals surface area (Å²) in [5.74, 6) is 3.31.